The molecule has 0 aliphatic carbocycles. The van der Waals surface area contributed by atoms with E-state index in [0.717, 1.165) is 24.9 Å². The van der Waals surface area contributed by atoms with Crippen molar-refractivity contribution in [1.29, 1.82) is 5.26 Å². The largest absolute Gasteiger partial charge is 0.423 e. The topological polar surface area (TPSA) is 127 Å². The molecule has 3 heterocycles. The third kappa shape index (κ3) is 6.69. The molecule has 1 aliphatic heterocycles. The Labute approximate surface area is 199 Å². The summed E-state index contributed by atoms with van der Waals surface area (Å²) >= 11 is 0. The number of pyridine rings is 1. The number of nitrogens with zero attached hydrogens (tertiary/aromatic N) is 5. The van der Waals surface area contributed by atoms with Gasteiger partial charge in [0.05, 0.1) is 24.1 Å². The highest BCUT2D eigenvalue weighted by Gasteiger charge is 2.37. The second-order valence-corrected chi connectivity index (χ2v) is 8.29. The monoisotopic (exact) mass is 493 g/mol. The smallest absolute Gasteiger partial charge is 0.378 e. The molecular formula is C22H26F3N7O3. The van der Waals surface area contributed by atoms with Crippen molar-refractivity contribution < 1.29 is 22.7 Å². The molecule has 0 spiro atoms. The minimum atomic E-state index is -4.84. The SMILES string of the molecule is C[C@@H](COCC(=O)N(C)C1CCN(c2ccc(C#N)cn2)CC1)Nc1cn[nH]c(=O)c1C(F)(F)F. The van der Waals surface area contributed by atoms with Crippen molar-refractivity contribution in [2.75, 3.05) is 43.6 Å². The molecule has 188 valence electrons. The van der Waals surface area contributed by atoms with Gasteiger partial charge in [-0.05, 0) is 31.9 Å². The van der Waals surface area contributed by atoms with Gasteiger partial charge in [-0.1, -0.05) is 0 Å². The zero-order valence-electron chi connectivity index (χ0n) is 19.3. The first-order valence-corrected chi connectivity index (χ1v) is 11.0. The number of piperidine rings is 1. The molecule has 3 rings (SSSR count). The molecule has 0 unspecified atom stereocenters. The van der Waals surface area contributed by atoms with Crippen molar-refractivity contribution in [2.24, 2.45) is 0 Å². The fourth-order valence-corrected chi connectivity index (χ4v) is 3.85. The van der Waals surface area contributed by atoms with Crippen LogP contribution in [-0.4, -0.2) is 71.4 Å². The van der Waals surface area contributed by atoms with Crippen LogP contribution < -0.4 is 15.8 Å². The van der Waals surface area contributed by atoms with Crippen LogP contribution in [0.5, 0.6) is 0 Å². The number of hydrogen-bond donors (Lipinski definition) is 2. The fourth-order valence-electron chi connectivity index (χ4n) is 3.85. The molecule has 0 saturated carbocycles. The Morgan fingerprint density at radius 2 is 2.09 bits per heavy atom. The van der Waals surface area contributed by atoms with Crippen LogP contribution in [0.15, 0.2) is 29.3 Å². The van der Waals surface area contributed by atoms with Crippen LogP contribution in [0.4, 0.5) is 24.7 Å². The molecule has 10 nitrogen and oxygen atoms in total. The van der Waals surface area contributed by atoms with E-state index < -0.39 is 29.0 Å². The third-order valence-corrected chi connectivity index (χ3v) is 5.74. The van der Waals surface area contributed by atoms with E-state index in [1.807, 2.05) is 6.07 Å². The maximum absolute atomic E-state index is 13.1. The second-order valence-electron chi connectivity index (χ2n) is 8.29. The van der Waals surface area contributed by atoms with E-state index in [1.54, 1.807) is 36.1 Å². The summed E-state index contributed by atoms with van der Waals surface area (Å²) in [4.78, 5) is 32.1. The number of carbonyl (C=O) groups excluding carboxylic acids is 1. The summed E-state index contributed by atoms with van der Waals surface area (Å²) in [6, 6.07) is 4.96. The van der Waals surface area contributed by atoms with Crippen molar-refractivity contribution in [3.8, 4) is 6.07 Å². The lowest BCUT2D eigenvalue weighted by molar-refractivity contribution is -0.138. The van der Waals surface area contributed by atoms with Gasteiger partial charge in [-0.2, -0.15) is 23.5 Å². The number of anilines is 2. The maximum Gasteiger partial charge on any atom is 0.423 e. The zero-order chi connectivity index (χ0) is 25.6. The Morgan fingerprint density at radius 1 is 1.37 bits per heavy atom. The van der Waals surface area contributed by atoms with Crippen LogP contribution >= 0.6 is 0 Å². The van der Waals surface area contributed by atoms with Gasteiger partial charge in [0, 0.05) is 38.4 Å². The molecule has 35 heavy (non-hydrogen) atoms. The number of H-pyrrole nitrogens is 1. The number of nitriles is 1. The fraction of sp³-hybridized carbons (Fsp3) is 0.500. The highest BCUT2D eigenvalue weighted by Crippen LogP contribution is 2.31. The number of amides is 1. The summed E-state index contributed by atoms with van der Waals surface area (Å²) in [5.41, 5.74) is -2.66. The number of halogens is 3. The molecule has 1 aliphatic rings. The molecule has 2 N–H and O–H groups in total. The number of carbonyl (C=O) groups is 1. The predicted octanol–water partition coefficient (Wildman–Crippen LogP) is 2.00. The van der Waals surface area contributed by atoms with Gasteiger partial charge >= 0.3 is 6.18 Å². The van der Waals surface area contributed by atoms with Gasteiger partial charge in [0.15, 0.2) is 0 Å². The number of rotatable bonds is 8. The lowest BCUT2D eigenvalue weighted by Crippen LogP contribution is -2.47. The van der Waals surface area contributed by atoms with Crippen LogP contribution in [0.1, 0.15) is 30.9 Å². The summed E-state index contributed by atoms with van der Waals surface area (Å²) in [5.74, 6) is 0.548. The van der Waals surface area contributed by atoms with E-state index in [0.29, 0.717) is 18.7 Å². The van der Waals surface area contributed by atoms with Crippen molar-refractivity contribution in [3.63, 3.8) is 0 Å². The van der Waals surface area contributed by atoms with Gasteiger partial charge in [-0.3, -0.25) is 9.59 Å². The van der Waals surface area contributed by atoms with Crippen molar-refractivity contribution in [3.05, 3.63) is 46.0 Å². The van der Waals surface area contributed by atoms with E-state index in [-0.39, 0.29) is 25.2 Å². The lowest BCUT2D eigenvalue weighted by Gasteiger charge is -2.37. The highest BCUT2D eigenvalue weighted by atomic mass is 19.4. The molecule has 2 aromatic heterocycles. The molecule has 1 amide bonds. The second kappa shape index (κ2) is 11.2. The minimum Gasteiger partial charge on any atom is -0.378 e. The first-order chi connectivity index (χ1) is 16.6. The lowest BCUT2D eigenvalue weighted by atomic mass is 10.0. The molecule has 0 radical (unpaired) electrons. The van der Waals surface area contributed by atoms with Gasteiger partial charge < -0.3 is 19.9 Å². The molecule has 1 saturated heterocycles. The van der Waals surface area contributed by atoms with E-state index in [9.17, 15) is 22.8 Å². The van der Waals surface area contributed by atoms with E-state index in [4.69, 9.17) is 10.00 Å². The highest BCUT2D eigenvalue weighted by molar-refractivity contribution is 5.77. The van der Waals surface area contributed by atoms with Crippen LogP contribution in [0, 0.1) is 11.3 Å². The molecule has 13 heteroatoms. The number of alkyl halides is 3. The van der Waals surface area contributed by atoms with Gasteiger partial charge in [0.2, 0.25) is 5.91 Å². The van der Waals surface area contributed by atoms with Gasteiger partial charge in [0.1, 0.15) is 24.1 Å². The number of hydrogen-bond acceptors (Lipinski definition) is 8. The Morgan fingerprint density at radius 3 is 2.69 bits per heavy atom. The summed E-state index contributed by atoms with van der Waals surface area (Å²) in [6.07, 6.45) is -0.959. The average molecular weight is 493 g/mol. The standard InChI is InChI=1S/C22H26F3N7O3/c1-14(29-17-11-28-30-21(34)20(17)22(23,24)25)12-35-13-19(33)31(2)16-5-7-32(8-6-16)18-4-3-15(9-26)10-27-18/h3-4,10-11,14,16H,5-8,12-13H2,1-2H3,(H2,29,30,34)/t14-/m0/s1. The number of ether oxygens (including phenoxy) is 1. The summed E-state index contributed by atoms with van der Waals surface area (Å²) < 4.78 is 44.9. The van der Waals surface area contributed by atoms with Crippen molar-refractivity contribution in [2.45, 2.75) is 38.0 Å². The van der Waals surface area contributed by atoms with E-state index in [1.165, 1.54) is 6.20 Å². The van der Waals surface area contributed by atoms with Gasteiger partial charge in [0.25, 0.3) is 5.56 Å². The first kappa shape index (κ1) is 26.0. The molecular weight excluding hydrogens is 467 g/mol. The normalized spacial score (nSPS) is 15.4. The molecule has 1 fully saturated rings. The number of nitrogens with one attached hydrogen (secondary N) is 2. The van der Waals surface area contributed by atoms with Crippen LogP contribution in [0.2, 0.25) is 0 Å². The molecule has 2 aromatic rings. The Hall–Kier alpha value is -3.66. The van der Waals surface area contributed by atoms with E-state index in [2.05, 4.69) is 20.3 Å². The summed E-state index contributed by atoms with van der Waals surface area (Å²) in [6.45, 7) is 2.71. The summed E-state index contributed by atoms with van der Waals surface area (Å²) in [5, 5.41) is 16.6. The van der Waals surface area contributed by atoms with Crippen LogP contribution in [0.25, 0.3) is 0 Å². The van der Waals surface area contributed by atoms with Gasteiger partial charge in [-0.25, -0.2) is 10.1 Å². The third-order valence-electron chi connectivity index (χ3n) is 5.74. The molecule has 0 aromatic carbocycles. The van der Waals surface area contributed by atoms with Crippen molar-refractivity contribution in [1.82, 2.24) is 20.1 Å². The number of aromatic nitrogens is 3. The molecule has 1 atom stereocenters. The van der Waals surface area contributed by atoms with Crippen LogP contribution in [-0.2, 0) is 15.7 Å². The average Bonchev–Trinajstić information content (AvgIpc) is 2.83. The van der Waals surface area contributed by atoms with Crippen molar-refractivity contribution >= 4 is 17.4 Å². The maximum atomic E-state index is 13.1. The predicted molar refractivity (Wildman–Crippen MR) is 121 cm³/mol. The quantitative estimate of drug-likeness (QED) is 0.572. The Bertz CT molecular complexity index is 1110. The number of aromatic amines is 1. The van der Waals surface area contributed by atoms with Crippen LogP contribution in [0.3, 0.4) is 0 Å². The van der Waals surface area contributed by atoms with Gasteiger partial charge in [-0.15, -0.1) is 0 Å². The number of likely N-dealkylation sites (N-methyl/N-ethyl adjacent to an activating group) is 1. The molecule has 0 bridgehead atoms. The Kier molecular flexibility index (Phi) is 8.29. The zero-order valence-corrected chi connectivity index (χ0v) is 19.3. The Balaban J connectivity index is 1.44. The summed E-state index contributed by atoms with van der Waals surface area (Å²) in [7, 11) is 1.70. The first-order valence-electron chi connectivity index (χ1n) is 11.0. The minimum absolute atomic E-state index is 0.0211. The van der Waals surface area contributed by atoms with E-state index >= 15 is 0 Å².